The Morgan fingerprint density at radius 1 is 1.42 bits per heavy atom. The van der Waals surface area contributed by atoms with E-state index in [0.29, 0.717) is 22.8 Å². The van der Waals surface area contributed by atoms with Crippen LogP contribution in [-0.4, -0.2) is 23.2 Å². The molecule has 6 heteroatoms. The summed E-state index contributed by atoms with van der Waals surface area (Å²) in [4.78, 5) is 4.36. The third-order valence-electron chi connectivity index (χ3n) is 2.87. The molecule has 104 valence electrons. The zero-order valence-corrected chi connectivity index (χ0v) is 12.7. The lowest BCUT2D eigenvalue weighted by molar-refractivity contribution is 0.418. The molecule has 1 unspecified atom stereocenters. The first kappa shape index (κ1) is 16.0. The molecule has 0 bridgehead atoms. The monoisotopic (exact) mass is 301 g/mol. The number of hydrogen-bond donors (Lipinski definition) is 1. The lowest BCUT2D eigenvalue weighted by atomic mass is 10.1. The maximum Gasteiger partial charge on any atom is 0.257 e. The zero-order valence-electron chi connectivity index (χ0n) is 11.1. The SMILES string of the molecule is CNC(C)Cc1noc(-c2ccc(C)c(Cl)c2)n1.Cl. The predicted molar refractivity (Wildman–Crippen MR) is 79.0 cm³/mol. The van der Waals surface area contributed by atoms with Gasteiger partial charge in [-0.3, -0.25) is 0 Å². The van der Waals surface area contributed by atoms with Crippen LogP contribution in [0.2, 0.25) is 5.02 Å². The van der Waals surface area contributed by atoms with Gasteiger partial charge in [0.25, 0.3) is 5.89 Å². The molecule has 1 N–H and O–H groups in total. The first-order valence-corrected chi connectivity index (χ1v) is 6.24. The molecule has 0 fully saturated rings. The summed E-state index contributed by atoms with van der Waals surface area (Å²) in [6.07, 6.45) is 0.736. The Kier molecular flexibility index (Phi) is 5.79. The highest BCUT2D eigenvalue weighted by Gasteiger charge is 2.11. The van der Waals surface area contributed by atoms with Gasteiger partial charge in [-0.15, -0.1) is 12.4 Å². The molecule has 2 rings (SSSR count). The molecule has 0 aliphatic rings. The van der Waals surface area contributed by atoms with Crippen molar-refractivity contribution < 1.29 is 4.52 Å². The van der Waals surface area contributed by atoms with Crippen molar-refractivity contribution in [3.63, 3.8) is 0 Å². The number of likely N-dealkylation sites (N-methyl/N-ethyl adjacent to an activating group) is 1. The number of aromatic nitrogens is 2. The highest BCUT2D eigenvalue weighted by molar-refractivity contribution is 6.31. The first-order valence-electron chi connectivity index (χ1n) is 5.86. The van der Waals surface area contributed by atoms with Crippen LogP contribution in [0.15, 0.2) is 22.7 Å². The van der Waals surface area contributed by atoms with Gasteiger partial charge in [-0.05, 0) is 38.6 Å². The number of aryl methyl sites for hydroxylation is 1. The molecule has 0 radical (unpaired) electrons. The average molecular weight is 302 g/mol. The van der Waals surface area contributed by atoms with Crippen LogP contribution < -0.4 is 5.32 Å². The molecule has 0 saturated carbocycles. The van der Waals surface area contributed by atoms with Crippen molar-refractivity contribution in [2.24, 2.45) is 0 Å². The Hall–Kier alpha value is -1.10. The highest BCUT2D eigenvalue weighted by atomic mass is 35.5. The fraction of sp³-hybridized carbons (Fsp3) is 0.385. The Balaban J connectivity index is 0.00000180. The number of hydrogen-bond acceptors (Lipinski definition) is 4. The van der Waals surface area contributed by atoms with Crippen molar-refractivity contribution in [3.8, 4) is 11.5 Å². The van der Waals surface area contributed by atoms with Gasteiger partial charge in [-0.25, -0.2) is 0 Å². The van der Waals surface area contributed by atoms with Crippen molar-refractivity contribution in [1.82, 2.24) is 15.5 Å². The minimum absolute atomic E-state index is 0. The standard InChI is InChI=1S/C13H16ClN3O.ClH/c1-8-4-5-10(7-11(8)14)13-16-12(17-18-13)6-9(2)15-3;/h4-5,7,9,15H,6H2,1-3H3;1H. The van der Waals surface area contributed by atoms with Crippen molar-refractivity contribution in [3.05, 3.63) is 34.6 Å². The molecule has 0 aliphatic carbocycles. The van der Waals surface area contributed by atoms with Crippen molar-refractivity contribution in [2.45, 2.75) is 26.3 Å². The summed E-state index contributed by atoms with van der Waals surface area (Å²) < 4.78 is 5.24. The Morgan fingerprint density at radius 3 is 2.79 bits per heavy atom. The van der Waals surface area contributed by atoms with Gasteiger partial charge in [0.05, 0.1) is 0 Å². The van der Waals surface area contributed by atoms with Gasteiger partial charge in [-0.2, -0.15) is 4.98 Å². The smallest absolute Gasteiger partial charge is 0.257 e. The van der Waals surface area contributed by atoms with E-state index >= 15 is 0 Å². The van der Waals surface area contributed by atoms with Crippen LogP contribution in [0.25, 0.3) is 11.5 Å². The van der Waals surface area contributed by atoms with Crippen molar-refractivity contribution in [1.29, 1.82) is 0 Å². The van der Waals surface area contributed by atoms with E-state index in [9.17, 15) is 0 Å². The molecular formula is C13H17Cl2N3O. The summed E-state index contributed by atoms with van der Waals surface area (Å²) in [5.41, 5.74) is 1.88. The van der Waals surface area contributed by atoms with Crippen LogP contribution >= 0.6 is 24.0 Å². The summed E-state index contributed by atoms with van der Waals surface area (Å²) >= 11 is 6.08. The number of nitrogens with one attached hydrogen (secondary N) is 1. The maximum absolute atomic E-state index is 6.08. The lowest BCUT2D eigenvalue weighted by Gasteiger charge is -2.04. The molecule has 1 aromatic heterocycles. The van der Waals surface area contributed by atoms with E-state index in [0.717, 1.165) is 17.5 Å². The molecule has 0 spiro atoms. The quantitative estimate of drug-likeness (QED) is 0.941. The van der Waals surface area contributed by atoms with E-state index in [1.54, 1.807) is 0 Å². The topological polar surface area (TPSA) is 51.0 Å². The molecule has 1 aromatic carbocycles. The molecule has 0 saturated heterocycles. The van der Waals surface area contributed by atoms with E-state index in [1.807, 2.05) is 32.2 Å². The number of rotatable bonds is 4. The largest absolute Gasteiger partial charge is 0.334 e. The molecule has 19 heavy (non-hydrogen) atoms. The fourth-order valence-electron chi connectivity index (χ4n) is 1.56. The second-order valence-corrected chi connectivity index (χ2v) is 4.78. The van der Waals surface area contributed by atoms with Crippen molar-refractivity contribution in [2.75, 3.05) is 7.05 Å². The lowest BCUT2D eigenvalue weighted by Crippen LogP contribution is -2.24. The van der Waals surface area contributed by atoms with Crippen LogP contribution in [0.5, 0.6) is 0 Å². The van der Waals surface area contributed by atoms with Gasteiger partial charge in [0, 0.05) is 23.0 Å². The summed E-state index contributed by atoms with van der Waals surface area (Å²) in [5, 5.41) is 7.80. The van der Waals surface area contributed by atoms with Crippen LogP contribution in [-0.2, 0) is 6.42 Å². The summed E-state index contributed by atoms with van der Waals surface area (Å²) in [6.45, 7) is 4.03. The van der Waals surface area contributed by atoms with Gasteiger partial charge in [0.15, 0.2) is 5.82 Å². The van der Waals surface area contributed by atoms with E-state index in [1.165, 1.54) is 0 Å². The maximum atomic E-state index is 6.08. The Bertz CT molecular complexity index is 542. The summed E-state index contributed by atoms with van der Waals surface area (Å²) in [6, 6.07) is 6.03. The Labute approximate surface area is 124 Å². The predicted octanol–water partition coefficient (Wildman–Crippen LogP) is 3.27. The summed E-state index contributed by atoms with van der Waals surface area (Å²) in [5.74, 6) is 1.21. The second kappa shape index (κ2) is 6.89. The molecule has 1 heterocycles. The van der Waals surface area contributed by atoms with Crippen LogP contribution in [0.4, 0.5) is 0 Å². The van der Waals surface area contributed by atoms with Crippen molar-refractivity contribution >= 4 is 24.0 Å². The first-order chi connectivity index (χ1) is 8.60. The Morgan fingerprint density at radius 2 is 2.16 bits per heavy atom. The molecule has 2 aromatic rings. The highest BCUT2D eigenvalue weighted by Crippen LogP contribution is 2.24. The zero-order chi connectivity index (χ0) is 13.1. The minimum Gasteiger partial charge on any atom is -0.334 e. The van der Waals surface area contributed by atoms with E-state index in [-0.39, 0.29) is 12.4 Å². The fourth-order valence-corrected chi connectivity index (χ4v) is 1.74. The second-order valence-electron chi connectivity index (χ2n) is 4.37. The molecule has 0 amide bonds. The van der Waals surface area contributed by atoms with Gasteiger partial charge in [0.1, 0.15) is 0 Å². The number of halogens is 2. The molecular weight excluding hydrogens is 285 g/mol. The van der Waals surface area contributed by atoms with E-state index in [2.05, 4.69) is 22.4 Å². The summed E-state index contributed by atoms with van der Waals surface area (Å²) in [7, 11) is 1.91. The van der Waals surface area contributed by atoms with E-state index in [4.69, 9.17) is 16.1 Å². The number of benzene rings is 1. The third kappa shape index (κ3) is 3.93. The van der Waals surface area contributed by atoms with Crippen LogP contribution in [0, 0.1) is 6.92 Å². The van der Waals surface area contributed by atoms with Crippen LogP contribution in [0.3, 0.4) is 0 Å². The van der Waals surface area contributed by atoms with Gasteiger partial charge in [0.2, 0.25) is 0 Å². The van der Waals surface area contributed by atoms with Crippen LogP contribution in [0.1, 0.15) is 18.3 Å². The minimum atomic E-state index is 0. The van der Waals surface area contributed by atoms with Gasteiger partial charge in [-0.1, -0.05) is 22.8 Å². The molecule has 1 atom stereocenters. The average Bonchev–Trinajstić information content (AvgIpc) is 2.81. The van der Waals surface area contributed by atoms with Gasteiger partial charge >= 0.3 is 0 Å². The van der Waals surface area contributed by atoms with Gasteiger partial charge < -0.3 is 9.84 Å². The number of nitrogens with zero attached hydrogens (tertiary/aromatic N) is 2. The third-order valence-corrected chi connectivity index (χ3v) is 3.28. The molecule has 4 nitrogen and oxygen atoms in total. The molecule has 0 aliphatic heterocycles. The van der Waals surface area contributed by atoms with E-state index < -0.39 is 0 Å². The normalized spacial score (nSPS) is 12.0.